The normalized spacial score (nSPS) is 14.5. The molecule has 2 heterocycles. The summed E-state index contributed by atoms with van der Waals surface area (Å²) in [5.74, 6) is -0.226. The molecule has 1 fully saturated rings. The van der Waals surface area contributed by atoms with E-state index in [1.165, 1.54) is 5.01 Å². The fourth-order valence-electron chi connectivity index (χ4n) is 3.11. The number of benzene rings is 1. The van der Waals surface area contributed by atoms with Crippen LogP contribution >= 0.6 is 0 Å². The van der Waals surface area contributed by atoms with Crippen LogP contribution in [0.5, 0.6) is 0 Å². The third-order valence-electron chi connectivity index (χ3n) is 4.27. The van der Waals surface area contributed by atoms with E-state index < -0.39 is 0 Å². The number of rotatable bonds is 3. The molecule has 1 aliphatic rings. The Kier molecular flexibility index (Phi) is 3.94. The number of H-pyrrole nitrogens is 1. The van der Waals surface area contributed by atoms with Gasteiger partial charge in [0, 0.05) is 35.3 Å². The van der Waals surface area contributed by atoms with Crippen molar-refractivity contribution in [1.29, 1.82) is 0 Å². The first kappa shape index (κ1) is 15.3. The summed E-state index contributed by atoms with van der Waals surface area (Å²) in [6.45, 7) is 8.50. The number of nitrogens with one attached hydrogen (secondary N) is 1. The Morgan fingerprint density at radius 1 is 1.22 bits per heavy atom. The van der Waals surface area contributed by atoms with E-state index in [1.807, 2.05) is 31.2 Å². The van der Waals surface area contributed by atoms with Gasteiger partial charge in [-0.05, 0) is 31.9 Å². The van der Waals surface area contributed by atoms with E-state index in [4.69, 9.17) is 0 Å². The minimum atomic E-state index is -0.175. The van der Waals surface area contributed by atoms with Gasteiger partial charge in [0.05, 0.1) is 6.42 Å². The van der Waals surface area contributed by atoms with Crippen molar-refractivity contribution in [3.8, 4) is 0 Å². The summed E-state index contributed by atoms with van der Waals surface area (Å²) in [5, 5.41) is 4.16. The van der Waals surface area contributed by atoms with Crippen molar-refractivity contribution in [3.05, 3.63) is 47.7 Å². The lowest BCUT2D eigenvalue weighted by molar-refractivity contribution is -0.154. The van der Waals surface area contributed by atoms with Crippen LogP contribution in [-0.2, 0) is 16.0 Å². The molecule has 5 nitrogen and oxygen atoms in total. The van der Waals surface area contributed by atoms with E-state index >= 15 is 0 Å². The van der Waals surface area contributed by atoms with Gasteiger partial charge < -0.3 is 4.98 Å². The number of hydrazine groups is 1. The zero-order chi connectivity index (χ0) is 16.6. The van der Waals surface area contributed by atoms with E-state index in [0.717, 1.165) is 28.6 Å². The van der Waals surface area contributed by atoms with Gasteiger partial charge in [-0.15, -0.1) is 0 Å². The molecular weight excluding hydrogens is 290 g/mol. The summed E-state index contributed by atoms with van der Waals surface area (Å²) in [6.07, 6.45) is 1.09. The second kappa shape index (κ2) is 5.91. The molecule has 0 atom stereocenters. The number of aromatic nitrogens is 1. The molecule has 1 aliphatic heterocycles. The second-order valence-electron chi connectivity index (χ2n) is 6.03. The predicted octanol–water partition coefficient (Wildman–Crippen LogP) is 2.57. The zero-order valence-electron chi connectivity index (χ0n) is 13.6. The highest BCUT2D eigenvalue weighted by atomic mass is 16.2. The molecule has 120 valence electrons. The maximum absolute atomic E-state index is 12.7. The summed E-state index contributed by atoms with van der Waals surface area (Å²) >= 11 is 0. The SMILES string of the molecule is C=C(C)C(=O)N1CCCN1C(=O)Cc1c(C)[nH]c2ccccc12. The molecule has 1 aromatic carbocycles. The Bertz CT molecular complexity index is 791. The van der Waals surface area contributed by atoms with Crippen LogP contribution in [-0.4, -0.2) is 39.9 Å². The third-order valence-corrected chi connectivity index (χ3v) is 4.27. The summed E-state index contributed by atoms with van der Waals surface area (Å²) in [4.78, 5) is 28.2. The molecule has 2 aromatic rings. The summed E-state index contributed by atoms with van der Waals surface area (Å²) in [7, 11) is 0. The number of para-hydroxylation sites is 1. The first-order chi connectivity index (χ1) is 11.0. The van der Waals surface area contributed by atoms with E-state index in [2.05, 4.69) is 11.6 Å². The summed E-state index contributed by atoms with van der Waals surface area (Å²) in [6, 6.07) is 7.96. The zero-order valence-corrected chi connectivity index (χ0v) is 13.6. The number of aryl methyl sites for hydroxylation is 1. The monoisotopic (exact) mass is 311 g/mol. The molecular formula is C18H21N3O2. The highest BCUT2D eigenvalue weighted by Crippen LogP contribution is 2.24. The predicted molar refractivity (Wildman–Crippen MR) is 89.6 cm³/mol. The van der Waals surface area contributed by atoms with Gasteiger partial charge in [0.2, 0.25) is 5.91 Å². The number of amides is 2. The maximum atomic E-state index is 12.7. The highest BCUT2D eigenvalue weighted by molar-refractivity contribution is 5.95. The maximum Gasteiger partial charge on any atom is 0.267 e. The number of nitrogens with zero attached hydrogens (tertiary/aromatic N) is 2. The number of carbonyl (C=O) groups is 2. The van der Waals surface area contributed by atoms with E-state index in [-0.39, 0.29) is 18.2 Å². The van der Waals surface area contributed by atoms with Crippen molar-refractivity contribution in [1.82, 2.24) is 15.0 Å². The molecule has 0 saturated carbocycles. The molecule has 0 bridgehead atoms. The van der Waals surface area contributed by atoms with E-state index in [1.54, 1.807) is 11.9 Å². The molecule has 23 heavy (non-hydrogen) atoms. The van der Waals surface area contributed by atoms with Crippen molar-refractivity contribution in [2.24, 2.45) is 0 Å². The van der Waals surface area contributed by atoms with Crippen LogP contribution in [0.15, 0.2) is 36.4 Å². The van der Waals surface area contributed by atoms with Crippen LogP contribution in [0.2, 0.25) is 0 Å². The van der Waals surface area contributed by atoms with Gasteiger partial charge in [0.25, 0.3) is 5.91 Å². The standard InChI is InChI=1S/C18H21N3O2/c1-12(2)18(23)21-10-6-9-20(21)17(22)11-15-13(3)19-16-8-5-4-7-14(15)16/h4-5,7-8,19H,1,6,9-11H2,2-3H3. The van der Waals surface area contributed by atoms with Crippen molar-refractivity contribution < 1.29 is 9.59 Å². The fourth-order valence-corrected chi connectivity index (χ4v) is 3.11. The van der Waals surface area contributed by atoms with Gasteiger partial charge in [-0.25, -0.2) is 5.01 Å². The molecule has 0 aliphatic carbocycles. The molecule has 1 aromatic heterocycles. The number of hydrogen-bond acceptors (Lipinski definition) is 2. The van der Waals surface area contributed by atoms with Crippen LogP contribution in [0, 0.1) is 6.92 Å². The van der Waals surface area contributed by atoms with Gasteiger partial charge in [-0.1, -0.05) is 24.8 Å². The molecule has 0 unspecified atom stereocenters. The quantitative estimate of drug-likeness (QED) is 0.886. The molecule has 1 saturated heterocycles. The third kappa shape index (κ3) is 2.74. The molecule has 0 spiro atoms. The first-order valence-electron chi connectivity index (χ1n) is 7.83. The van der Waals surface area contributed by atoms with Gasteiger partial charge in [0.15, 0.2) is 0 Å². The Balaban J connectivity index is 1.84. The van der Waals surface area contributed by atoms with Gasteiger partial charge in [0.1, 0.15) is 0 Å². The summed E-state index contributed by atoms with van der Waals surface area (Å²) < 4.78 is 0. The largest absolute Gasteiger partial charge is 0.358 e. The fraction of sp³-hybridized carbons (Fsp3) is 0.333. The van der Waals surface area contributed by atoms with E-state index in [9.17, 15) is 9.59 Å². The van der Waals surface area contributed by atoms with Gasteiger partial charge in [-0.2, -0.15) is 0 Å². The Labute approximate surface area is 135 Å². The van der Waals surface area contributed by atoms with Crippen LogP contribution in [0.25, 0.3) is 10.9 Å². The smallest absolute Gasteiger partial charge is 0.267 e. The van der Waals surface area contributed by atoms with Crippen molar-refractivity contribution >= 4 is 22.7 Å². The van der Waals surface area contributed by atoms with E-state index in [0.29, 0.717) is 18.7 Å². The lowest BCUT2D eigenvalue weighted by Gasteiger charge is -2.28. The Morgan fingerprint density at radius 3 is 2.65 bits per heavy atom. The van der Waals surface area contributed by atoms with Crippen LogP contribution < -0.4 is 0 Å². The highest BCUT2D eigenvalue weighted by Gasteiger charge is 2.31. The molecule has 0 radical (unpaired) electrons. The lowest BCUT2D eigenvalue weighted by Crippen LogP contribution is -2.45. The molecule has 5 heteroatoms. The number of carbonyl (C=O) groups excluding carboxylic acids is 2. The Hall–Kier alpha value is -2.56. The summed E-state index contributed by atoms with van der Waals surface area (Å²) in [5.41, 5.74) is 3.48. The van der Waals surface area contributed by atoms with Crippen molar-refractivity contribution in [2.45, 2.75) is 26.7 Å². The van der Waals surface area contributed by atoms with Gasteiger partial charge in [-0.3, -0.25) is 14.6 Å². The lowest BCUT2D eigenvalue weighted by atomic mass is 10.1. The first-order valence-corrected chi connectivity index (χ1v) is 7.83. The molecule has 3 rings (SSSR count). The topological polar surface area (TPSA) is 56.4 Å². The van der Waals surface area contributed by atoms with Crippen LogP contribution in [0.1, 0.15) is 24.6 Å². The van der Waals surface area contributed by atoms with Crippen molar-refractivity contribution in [2.75, 3.05) is 13.1 Å². The average molecular weight is 311 g/mol. The Morgan fingerprint density at radius 2 is 1.91 bits per heavy atom. The second-order valence-corrected chi connectivity index (χ2v) is 6.03. The number of aromatic amines is 1. The molecule has 2 amide bonds. The van der Waals surface area contributed by atoms with Crippen LogP contribution in [0.4, 0.5) is 0 Å². The number of fused-ring (bicyclic) bond motifs is 1. The minimum Gasteiger partial charge on any atom is -0.358 e. The molecule has 1 N–H and O–H groups in total. The van der Waals surface area contributed by atoms with Crippen molar-refractivity contribution in [3.63, 3.8) is 0 Å². The minimum absolute atomic E-state index is 0.0510. The number of hydrogen-bond donors (Lipinski definition) is 1. The van der Waals surface area contributed by atoms with Crippen LogP contribution in [0.3, 0.4) is 0 Å². The average Bonchev–Trinajstić information content (AvgIpc) is 3.12. The van der Waals surface area contributed by atoms with Gasteiger partial charge >= 0.3 is 0 Å².